The second-order valence-corrected chi connectivity index (χ2v) is 7.23. The van der Waals surface area contributed by atoms with Crippen molar-refractivity contribution in [3.05, 3.63) is 10.1 Å². The van der Waals surface area contributed by atoms with Crippen molar-refractivity contribution in [2.45, 2.75) is 39.2 Å². The minimum atomic E-state index is -0.488. The van der Waals surface area contributed by atoms with Gasteiger partial charge in [0.05, 0.1) is 11.0 Å². The van der Waals surface area contributed by atoms with E-state index in [2.05, 4.69) is 29.1 Å². The van der Waals surface area contributed by atoms with E-state index in [9.17, 15) is 10.1 Å². The number of piperidine rings is 1. The molecular formula is C16H26N6O3. The van der Waals surface area contributed by atoms with E-state index in [0.29, 0.717) is 30.1 Å². The van der Waals surface area contributed by atoms with Crippen molar-refractivity contribution in [2.75, 3.05) is 42.2 Å². The Labute approximate surface area is 147 Å². The highest BCUT2D eigenvalue weighted by Crippen LogP contribution is 2.35. The molecular weight excluding hydrogens is 324 g/mol. The fraction of sp³-hybridized carbons (Fsp3) is 0.750. The number of ether oxygens (including phenoxy) is 1. The lowest BCUT2D eigenvalue weighted by atomic mass is 9.92. The van der Waals surface area contributed by atoms with E-state index in [0.717, 1.165) is 39.0 Å². The molecule has 3 rings (SSSR count). The van der Waals surface area contributed by atoms with Gasteiger partial charge < -0.3 is 20.7 Å². The van der Waals surface area contributed by atoms with Crippen LogP contribution in [0.25, 0.3) is 0 Å². The molecule has 0 spiro atoms. The minimum absolute atomic E-state index is 0.101. The molecule has 2 saturated heterocycles. The van der Waals surface area contributed by atoms with Gasteiger partial charge in [0.1, 0.15) is 0 Å². The molecule has 2 aliphatic heterocycles. The van der Waals surface area contributed by atoms with Crippen LogP contribution in [0.1, 0.15) is 33.1 Å². The standard InChI is InChI=1S/C16H26N6O3/c1-10-6-11(2)9-21(8-10)15-13(22(23)24)14(17)19-16(20-15)18-7-12-4-3-5-25-12/h10-12H,3-9H2,1-2H3,(H3,17,18,19,20)/t10-,11-,12+/m1/s1. The number of anilines is 3. The first kappa shape index (κ1) is 17.7. The second-order valence-electron chi connectivity index (χ2n) is 7.23. The normalized spacial score (nSPS) is 26.6. The Hall–Kier alpha value is -2.16. The molecule has 0 radical (unpaired) electrons. The molecule has 2 fully saturated rings. The Balaban J connectivity index is 1.86. The largest absolute Gasteiger partial charge is 0.378 e. The van der Waals surface area contributed by atoms with Crippen LogP contribution < -0.4 is 16.0 Å². The number of nitrogen functional groups attached to an aromatic ring is 1. The van der Waals surface area contributed by atoms with Gasteiger partial charge in [0.15, 0.2) is 0 Å². The number of nitrogens with two attached hydrogens (primary N) is 1. The van der Waals surface area contributed by atoms with Crippen molar-refractivity contribution in [3.8, 4) is 0 Å². The average molecular weight is 350 g/mol. The van der Waals surface area contributed by atoms with Crippen LogP contribution in [0.2, 0.25) is 0 Å². The zero-order valence-electron chi connectivity index (χ0n) is 14.8. The van der Waals surface area contributed by atoms with E-state index in [1.165, 1.54) is 0 Å². The van der Waals surface area contributed by atoms with Crippen LogP contribution in [0, 0.1) is 22.0 Å². The third kappa shape index (κ3) is 4.09. The Morgan fingerprint density at radius 3 is 2.68 bits per heavy atom. The zero-order chi connectivity index (χ0) is 18.0. The molecule has 0 aliphatic carbocycles. The molecule has 9 heteroatoms. The van der Waals surface area contributed by atoms with Crippen LogP contribution in [0.15, 0.2) is 0 Å². The number of nitrogens with one attached hydrogen (secondary N) is 1. The van der Waals surface area contributed by atoms with E-state index in [4.69, 9.17) is 10.5 Å². The summed E-state index contributed by atoms with van der Waals surface area (Å²) < 4.78 is 5.57. The van der Waals surface area contributed by atoms with Crippen LogP contribution in [-0.4, -0.2) is 47.2 Å². The lowest BCUT2D eigenvalue weighted by Crippen LogP contribution is -2.39. The lowest BCUT2D eigenvalue weighted by Gasteiger charge is -2.35. The van der Waals surface area contributed by atoms with Crippen molar-refractivity contribution in [1.82, 2.24) is 9.97 Å². The summed E-state index contributed by atoms with van der Waals surface area (Å²) in [4.78, 5) is 21.5. The highest BCUT2D eigenvalue weighted by atomic mass is 16.6. The Kier molecular flexibility index (Phi) is 5.22. The van der Waals surface area contributed by atoms with Crippen LogP contribution >= 0.6 is 0 Å². The highest BCUT2D eigenvalue weighted by molar-refractivity contribution is 5.71. The predicted molar refractivity (Wildman–Crippen MR) is 95.7 cm³/mol. The van der Waals surface area contributed by atoms with Gasteiger partial charge in [-0.1, -0.05) is 13.8 Å². The van der Waals surface area contributed by atoms with E-state index in [-0.39, 0.29) is 17.6 Å². The highest BCUT2D eigenvalue weighted by Gasteiger charge is 2.31. The Morgan fingerprint density at radius 2 is 2.08 bits per heavy atom. The molecule has 3 heterocycles. The van der Waals surface area contributed by atoms with E-state index >= 15 is 0 Å². The van der Waals surface area contributed by atoms with Gasteiger partial charge in [-0.15, -0.1) is 0 Å². The van der Waals surface area contributed by atoms with Gasteiger partial charge in [0.2, 0.25) is 17.6 Å². The molecule has 0 bridgehead atoms. The zero-order valence-corrected chi connectivity index (χ0v) is 14.8. The molecule has 3 N–H and O–H groups in total. The van der Waals surface area contributed by atoms with Crippen LogP contribution in [0.4, 0.5) is 23.3 Å². The van der Waals surface area contributed by atoms with Gasteiger partial charge in [-0.3, -0.25) is 10.1 Å². The molecule has 0 amide bonds. The summed E-state index contributed by atoms with van der Waals surface area (Å²) in [5.74, 6) is 1.42. The number of hydrogen-bond acceptors (Lipinski definition) is 8. The van der Waals surface area contributed by atoms with Crippen molar-refractivity contribution in [3.63, 3.8) is 0 Å². The fourth-order valence-corrected chi connectivity index (χ4v) is 3.78. The topological polar surface area (TPSA) is 119 Å². The molecule has 2 aliphatic rings. The summed E-state index contributed by atoms with van der Waals surface area (Å²) in [6.45, 7) is 7.10. The van der Waals surface area contributed by atoms with Crippen molar-refractivity contribution < 1.29 is 9.66 Å². The number of rotatable bonds is 5. The van der Waals surface area contributed by atoms with Gasteiger partial charge in [-0.25, -0.2) is 0 Å². The van der Waals surface area contributed by atoms with Gasteiger partial charge in [-0.05, 0) is 31.1 Å². The molecule has 1 aromatic heterocycles. The lowest BCUT2D eigenvalue weighted by molar-refractivity contribution is -0.383. The summed E-state index contributed by atoms with van der Waals surface area (Å²) in [7, 11) is 0. The molecule has 0 aromatic carbocycles. The first-order valence-corrected chi connectivity index (χ1v) is 8.86. The Morgan fingerprint density at radius 1 is 1.36 bits per heavy atom. The van der Waals surface area contributed by atoms with Crippen molar-refractivity contribution >= 4 is 23.3 Å². The summed E-state index contributed by atoms with van der Waals surface area (Å²) in [5, 5.41) is 14.6. The summed E-state index contributed by atoms with van der Waals surface area (Å²) in [5.41, 5.74) is 5.69. The van der Waals surface area contributed by atoms with Crippen molar-refractivity contribution in [2.24, 2.45) is 11.8 Å². The molecule has 9 nitrogen and oxygen atoms in total. The maximum absolute atomic E-state index is 11.5. The summed E-state index contributed by atoms with van der Waals surface area (Å²) in [6.07, 6.45) is 3.27. The third-order valence-corrected chi connectivity index (χ3v) is 4.76. The molecule has 3 atom stereocenters. The van der Waals surface area contributed by atoms with E-state index < -0.39 is 4.92 Å². The number of nitro groups is 1. The minimum Gasteiger partial charge on any atom is -0.378 e. The van der Waals surface area contributed by atoms with Crippen LogP contribution in [-0.2, 0) is 4.74 Å². The van der Waals surface area contributed by atoms with Crippen LogP contribution in [0.3, 0.4) is 0 Å². The summed E-state index contributed by atoms with van der Waals surface area (Å²) in [6, 6.07) is 0. The van der Waals surface area contributed by atoms with E-state index in [1.54, 1.807) is 0 Å². The number of hydrogen-bond donors (Lipinski definition) is 2. The van der Waals surface area contributed by atoms with Crippen LogP contribution in [0.5, 0.6) is 0 Å². The van der Waals surface area contributed by atoms with Gasteiger partial charge >= 0.3 is 5.69 Å². The van der Waals surface area contributed by atoms with Gasteiger partial charge in [0.25, 0.3) is 0 Å². The van der Waals surface area contributed by atoms with Gasteiger partial charge in [0, 0.05) is 26.2 Å². The molecule has 0 unspecified atom stereocenters. The van der Waals surface area contributed by atoms with Crippen molar-refractivity contribution in [1.29, 1.82) is 0 Å². The third-order valence-electron chi connectivity index (χ3n) is 4.76. The maximum atomic E-state index is 11.5. The molecule has 0 saturated carbocycles. The first-order chi connectivity index (χ1) is 11.9. The second kappa shape index (κ2) is 7.38. The summed E-state index contributed by atoms with van der Waals surface area (Å²) >= 11 is 0. The number of nitrogens with zero attached hydrogens (tertiary/aromatic N) is 4. The monoisotopic (exact) mass is 350 g/mol. The van der Waals surface area contributed by atoms with E-state index in [1.807, 2.05) is 4.90 Å². The first-order valence-electron chi connectivity index (χ1n) is 8.86. The smallest absolute Gasteiger partial charge is 0.353 e. The molecule has 1 aromatic rings. The predicted octanol–water partition coefficient (Wildman–Crippen LogP) is 2.04. The SMILES string of the molecule is C[C@@H]1C[C@@H](C)CN(c2nc(NC[C@@H]3CCCO3)nc(N)c2[N+](=O)[O-])C1. The van der Waals surface area contributed by atoms with Gasteiger partial charge in [-0.2, -0.15) is 9.97 Å². The quantitative estimate of drug-likeness (QED) is 0.611. The number of aromatic nitrogens is 2. The molecule has 25 heavy (non-hydrogen) atoms. The molecule has 138 valence electrons. The Bertz CT molecular complexity index is 625. The average Bonchev–Trinajstić information content (AvgIpc) is 3.04. The maximum Gasteiger partial charge on any atom is 0.353 e. The fourth-order valence-electron chi connectivity index (χ4n) is 3.78.